The third kappa shape index (κ3) is 4.78. The van der Waals surface area contributed by atoms with Crippen LogP contribution in [0.1, 0.15) is 11.7 Å². The van der Waals surface area contributed by atoms with Crippen molar-refractivity contribution in [3.63, 3.8) is 0 Å². The van der Waals surface area contributed by atoms with E-state index in [0.717, 1.165) is 38.5 Å². The zero-order chi connectivity index (χ0) is 28.2. The maximum atomic E-state index is 13.8. The van der Waals surface area contributed by atoms with Crippen molar-refractivity contribution < 1.29 is 21.8 Å². The van der Waals surface area contributed by atoms with Crippen molar-refractivity contribution in [3.8, 4) is 0 Å². The fourth-order valence-electron chi connectivity index (χ4n) is 5.35. The molecular formula is C31H29FN2O4SSi. The topological polar surface area (TPSA) is 76.6 Å². The van der Waals surface area contributed by atoms with Gasteiger partial charge in [0.1, 0.15) is 11.9 Å². The SMILES string of the molecule is C[Si](C)(C)CCS(=O)(=O)O[C@H]1C(=O)N(c2cc3c4ccccc4ccc3c3ccccc23)[C@@H]1c1ccc(F)cn1. The van der Waals surface area contributed by atoms with Crippen molar-refractivity contribution in [2.75, 3.05) is 10.7 Å². The quantitative estimate of drug-likeness (QED) is 0.0926. The van der Waals surface area contributed by atoms with E-state index >= 15 is 0 Å². The van der Waals surface area contributed by atoms with Gasteiger partial charge in [0.15, 0.2) is 6.10 Å². The normalized spacial score (nSPS) is 18.0. The highest BCUT2D eigenvalue weighted by molar-refractivity contribution is 7.86. The molecule has 1 fully saturated rings. The minimum atomic E-state index is -3.98. The van der Waals surface area contributed by atoms with Crippen molar-refractivity contribution in [3.05, 3.63) is 96.6 Å². The predicted molar refractivity (Wildman–Crippen MR) is 160 cm³/mol. The molecule has 1 amide bonds. The molecule has 0 radical (unpaired) electrons. The Morgan fingerprint density at radius 1 is 0.875 bits per heavy atom. The molecule has 0 saturated carbocycles. The van der Waals surface area contributed by atoms with Crippen LogP contribution < -0.4 is 4.90 Å². The lowest BCUT2D eigenvalue weighted by atomic mass is 9.90. The Balaban J connectivity index is 1.50. The number of benzene rings is 4. The summed E-state index contributed by atoms with van der Waals surface area (Å²) in [5.41, 5.74) is 0.980. The summed E-state index contributed by atoms with van der Waals surface area (Å²) < 4.78 is 45.3. The zero-order valence-corrected chi connectivity index (χ0v) is 24.3. The number of nitrogens with zero attached hydrogens (tertiary/aromatic N) is 2. The molecule has 0 aliphatic carbocycles. The summed E-state index contributed by atoms with van der Waals surface area (Å²) in [4.78, 5) is 19.6. The van der Waals surface area contributed by atoms with Gasteiger partial charge in [0.2, 0.25) is 0 Å². The number of rotatable bonds is 7. The van der Waals surface area contributed by atoms with Gasteiger partial charge in [-0.05, 0) is 51.2 Å². The highest BCUT2D eigenvalue weighted by atomic mass is 32.2. The monoisotopic (exact) mass is 572 g/mol. The van der Waals surface area contributed by atoms with E-state index in [4.69, 9.17) is 4.18 Å². The van der Waals surface area contributed by atoms with E-state index in [0.29, 0.717) is 17.4 Å². The van der Waals surface area contributed by atoms with Crippen molar-refractivity contribution in [1.29, 1.82) is 0 Å². The number of carbonyl (C=O) groups is 1. The molecule has 9 heteroatoms. The summed E-state index contributed by atoms with van der Waals surface area (Å²) in [5, 5.41) is 5.93. The number of anilines is 1. The summed E-state index contributed by atoms with van der Waals surface area (Å²) in [6, 6.07) is 24.4. The molecule has 2 atom stereocenters. The van der Waals surface area contributed by atoms with E-state index in [9.17, 15) is 17.6 Å². The average molecular weight is 573 g/mol. The van der Waals surface area contributed by atoms with E-state index in [2.05, 4.69) is 36.8 Å². The van der Waals surface area contributed by atoms with Gasteiger partial charge >= 0.3 is 0 Å². The summed E-state index contributed by atoms with van der Waals surface area (Å²) >= 11 is 0. The Labute approximate surface area is 233 Å². The van der Waals surface area contributed by atoms with Gasteiger partial charge in [-0.25, -0.2) is 4.39 Å². The molecule has 6 nitrogen and oxygen atoms in total. The zero-order valence-electron chi connectivity index (χ0n) is 22.5. The number of halogens is 1. The molecule has 0 unspecified atom stereocenters. The van der Waals surface area contributed by atoms with Gasteiger partial charge in [0.05, 0.1) is 23.3 Å². The minimum Gasteiger partial charge on any atom is -0.297 e. The van der Waals surface area contributed by atoms with Gasteiger partial charge in [-0.2, -0.15) is 8.42 Å². The Hall–Kier alpha value is -3.66. The molecular weight excluding hydrogens is 544 g/mol. The molecule has 1 aromatic heterocycles. The van der Waals surface area contributed by atoms with Crippen molar-refractivity contribution in [2.45, 2.75) is 37.8 Å². The smallest absolute Gasteiger partial charge is 0.267 e. The molecule has 5 aromatic rings. The fourth-order valence-corrected chi connectivity index (χ4v) is 9.40. The first-order chi connectivity index (χ1) is 19.0. The minimum absolute atomic E-state index is 0.152. The molecule has 204 valence electrons. The molecule has 0 spiro atoms. The van der Waals surface area contributed by atoms with Crippen LogP contribution in [-0.2, 0) is 19.1 Å². The van der Waals surface area contributed by atoms with Gasteiger partial charge in [0, 0.05) is 13.5 Å². The largest absolute Gasteiger partial charge is 0.297 e. The Bertz CT molecular complexity index is 1890. The van der Waals surface area contributed by atoms with Crippen LogP contribution in [0.25, 0.3) is 32.3 Å². The maximum absolute atomic E-state index is 13.8. The van der Waals surface area contributed by atoms with Crippen molar-refractivity contribution in [1.82, 2.24) is 4.98 Å². The maximum Gasteiger partial charge on any atom is 0.267 e. The molecule has 1 aliphatic heterocycles. The number of fused-ring (bicyclic) bond motifs is 5. The average Bonchev–Trinajstić information content (AvgIpc) is 2.93. The summed E-state index contributed by atoms with van der Waals surface area (Å²) in [6.45, 7) is 6.25. The Kier molecular flexibility index (Phi) is 6.48. The standard InChI is InChI=1S/C31H29FN2O4SSi/c1-40(2,3)17-16-39(36,37)38-30-29(27-15-13-21(32)19-33-27)34(31(30)35)28-18-26-22-9-5-4-8-20(22)12-14-24(26)23-10-6-7-11-25(23)28/h4-15,18-19,29-30H,16-17H2,1-3H3/t29-,30-/m1/s1. The molecule has 6 rings (SSSR count). The molecule has 40 heavy (non-hydrogen) atoms. The van der Waals surface area contributed by atoms with Crippen LogP contribution in [0.15, 0.2) is 85.1 Å². The van der Waals surface area contributed by atoms with Crippen LogP contribution in [0.3, 0.4) is 0 Å². The first-order valence-corrected chi connectivity index (χ1v) is 18.5. The number of hydrogen-bond donors (Lipinski definition) is 0. The lowest BCUT2D eigenvalue weighted by Crippen LogP contribution is -2.61. The third-order valence-corrected chi connectivity index (χ3v) is 10.8. The van der Waals surface area contributed by atoms with Crippen LogP contribution in [0.4, 0.5) is 10.1 Å². The van der Waals surface area contributed by atoms with Crippen LogP contribution >= 0.6 is 0 Å². The van der Waals surface area contributed by atoms with Crippen LogP contribution in [-0.4, -0.2) is 39.2 Å². The first-order valence-electron chi connectivity index (χ1n) is 13.2. The van der Waals surface area contributed by atoms with E-state index in [1.807, 2.05) is 54.6 Å². The number of β-lactam (4-membered cyclic amide) rings is 1. The van der Waals surface area contributed by atoms with Crippen molar-refractivity contribution >= 4 is 62.1 Å². The van der Waals surface area contributed by atoms with Gasteiger partial charge in [-0.15, -0.1) is 0 Å². The second-order valence-electron chi connectivity index (χ2n) is 11.5. The number of amides is 1. The number of pyridine rings is 1. The summed E-state index contributed by atoms with van der Waals surface area (Å²) in [7, 11) is -5.65. The van der Waals surface area contributed by atoms with E-state index in [-0.39, 0.29) is 5.75 Å². The molecule has 0 bridgehead atoms. The summed E-state index contributed by atoms with van der Waals surface area (Å²) in [5.74, 6) is -1.15. The highest BCUT2D eigenvalue weighted by Crippen LogP contribution is 2.46. The second-order valence-corrected chi connectivity index (χ2v) is 18.8. The number of carbonyl (C=O) groups excluding carboxylic acids is 1. The van der Waals surface area contributed by atoms with Gasteiger partial charge < -0.3 is 0 Å². The molecule has 1 aliphatic rings. The first kappa shape index (κ1) is 26.6. The van der Waals surface area contributed by atoms with E-state index < -0.39 is 42.1 Å². The highest BCUT2D eigenvalue weighted by Gasteiger charge is 2.53. The Morgan fingerprint density at radius 3 is 2.25 bits per heavy atom. The van der Waals surface area contributed by atoms with Crippen LogP contribution in [0.5, 0.6) is 0 Å². The van der Waals surface area contributed by atoms with Gasteiger partial charge in [-0.1, -0.05) is 80.3 Å². The van der Waals surface area contributed by atoms with E-state index in [1.54, 1.807) is 4.90 Å². The van der Waals surface area contributed by atoms with Crippen LogP contribution in [0, 0.1) is 5.82 Å². The summed E-state index contributed by atoms with van der Waals surface area (Å²) in [6.07, 6.45) is -0.217. The van der Waals surface area contributed by atoms with Gasteiger partial charge in [0.25, 0.3) is 16.0 Å². The van der Waals surface area contributed by atoms with Crippen LogP contribution in [0.2, 0.25) is 25.7 Å². The third-order valence-electron chi connectivity index (χ3n) is 7.46. The predicted octanol–water partition coefficient (Wildman–Crippen LogP) is 6.82. The van der Waals surface area contributed by atoms with Gasteiger partial charge in [-0.3, -0.25) is 18.9 Å². The Morgan fingerprint density at radius 2 is 1.55 bits per heavy atom. The van der Waals surface area contributed by atoms with Crippen molar-refractivity contribution in [2.24, 2.45) is 0 Å². The number of aromatic nitrogens is 1. The second kappa shape index (κ2) is 9.76. The number of hydrogen-bond acceptors (Lipinski definition) is 5. The lowest BCUT2D eigenvalue weighted by molar-refractivity contribution is -0.134. The van der Waals surface area contributed by atoms with E-state index in [1.165, 1.54) is 12.1 Å². The molecule has 2 heterocycles. The molecule has 1 saturated heterocycles. The molecule has 0 N–H and O–H groups in total. The lowest BCUT2D eigenvalue weighted by Gasteiger charge is -2.46. The molecule has 4 aromatic carbocycles. The fraction of sp³-hybridized carbons (Fsp3) is 0.226.